The Morgan fingerprint density at radius 2 is 1.80 bits per heavy atom. The minimum Gasteiger partial charge on any atom is -0.507 e. The summed E-state index contributed by atoms with van der Waals surface area (Å²) >= 11 is 0. The summed E-state index contributed by atoms with van der Waals surface area (Å²) < 4.78 is 0. The van der Waals surface area contributed by atoms with E-state index in [1.54, 1.807) is 42.6 Å². The zero-order valence-electron chi connectivity index (χ0n) is 18.6. The quantitative estimate of drug-likeness (QED) is 0.228. The number of carbonyl (C=O) groups is 3. The fourth-order valence-electron chi connectivity index (χ4n) is 4.52. The number of aliphatic hydroxyl groups is 1. The number of H-pyrrole nitrogens is 1. The molecular weight excluding hydrogens is 444 g/mol. The number of nitrogens with two attached hydrogens (primary N) is 1. The minimum atomic E-state index is -0.831. The zero-order chi connectivity index (χ0) is 24.5. The standard InChI is InChI=1S/C27H22N4O4/c28-26(34)17-9-7-16(8-10-17)23-22(24(32)19-4-3-12-29-14-19)25(33)27(35)31(23)13-11-18-15-30-21-6-2-1-5-20(18)21/h1-10,12,14-15,23,30,32H,11,13H2,(H2,28,34). The van der Waals surface area contributed by atoms with Crippen LogP contribution in [0, 0.1) is 0 Å². The summed E-state index contributed by atoms with van der Waals surface area (Å²) in [5, 5.41) is 12.1. The second kappa shape index (κ2) is 8.90. The molecular formula is C27H22N4O4. The Hall–Kier alpha value is -4.72. The summed E-state index contributed by atoms with van der Waals surface area (Å²) in [5.41, 5.74) is 8.57. The molecule has 5 rings (SSSR count). The van der Waals surface area contributed by atoms with E-state index in [0.717, 1.165) is 16.5 Å². The van der Waals surface area contributed by atoms with Crippen LogP contribution >= 0.6 is 0 Å². The van der Waals surface area contributed by atoms with Crippen molar-refractivity contribution in [2.75, 3.05) is 6.54 Å². The number of pyridine rings is 1. The van der Waals surface area contributed by atoms with Crippen molar-refractivity contribution in [3.05, 3.63) is 107 Å². The molecule has 0 aliphatic carbocycles. The van der Waals surface area contributed by atoms with E-state index in [9.17, 15) is 19.5 Å². The number of carbonyl (C=O) groups excluding carboxylic acids is 3. The molecule has 2 amide bonds. The smallest absolute Gasteiger partial charge is 0.295 e. The molecule has 8 heteroatoms. The highest BCUT2D eigenvalue weighted by Gasteiger charge is 2.45. The third kappa shape index (κ3) is 3.95. The first-order chi connectivity index (χ1) is 17.0. The first-order valence-electron chi connectivity index (χ1n) is 11.1. The van der Waals surface area contributed by atoms with Gasteiger partial charge in [-0.15, -0.1) is 0 Å². The van der Waals surface area contributed by atoms with Gasteiger partial charge in [-0.25, -0.2) is 0 Å². The zero-order valence-corrected chi connectivity index (χ0v) is 18.6. The van der Waals surface area contributed by atoms with Crippen LogP contribution < -0.4 is 5.73 Å². The summed E-state index contributed by atoms with van der Waals surface area (Å²) in [6.07, 6.45) is 5.38. The molecule has 4 N–H and O–H groups in total. The number of primary amides is 1. The largest absolute Gasteiger partial charge is 0.507 e. The Labute approximate surface area is 200 Å². The molecule has 0 saturated carbocycles. The summed E-state index contributed by atoms with van der Waals surface area (Å²) in [6.45, 7) is 0.248. The lowest BCUT2D eigenvalue weighted by Gasteiger charge is -2.25. The maximum absolute atomic E-state index is 13.2. The molecule has 3 heterocycles. The van der Waals surface area contributed by atoms with Crippen LogP contribution in [0.5, 0.6) is 0 Å². The number of likely N-dealkylation sites (tertiary alicyclic amines) is 1. The fourth-order valence-corrected chi connectivity index (χ4v) is 4.52. The maximum atomic E-state index is 13.2. The number of fused-ring (bicyclic) bond motifs is 1. The van der Waals surface area contributed by atoms with Gasteiger partial charge in [0.05, 0.1) is 11.6 Å². The number of ketones is 1. The van der Waals surface area contributed by atoms with Crippen LogP contribution in [0.15, 0.2) is 84.8 Å². The Kier molecular flexibility index (Phi) is 5.62. The van der Waals surface area contributed by atoms with E-state index in [2.05, 4.69) is 9.97 Å². The van der Waals surface area contributed by atoms with Crippen LogP contribution in [0.1, 0.15) is 33.1 Å². The SMILES string of the molecule is NC(=O)c1ccc(C2C(=C(O)c3cccnc3)C(=O)C(=O)N2CCc2c[nH]c3ccccc23)cc1. The predicted molar refractivity (Wildman–Crippen MR) is 130 cm³/mol. The molecule has 1 saturated heterocycles. The van der Waals surface area contributed by atoms with Gasteiger partial charge in [-0.1, -0.05) is 30.3 Å². The lowest BCUT2D eigenvalue weighted by Crippen LogP contribution is -2.31. The first kappa shape index (κ1) is 22.1. The van der Waals surface area contributed by atoms with Gasteiger partial charge in [0.15, 0.2) is 0 Å². The first-order valence-corrected chi connectivity index (χ1v) is 11.1. The number of aliphatic hydroxyl groups excluding tert-OH is 1. The van der Waals surface area contributed by atoms with E-state index in [1.807, 2.05) is 30.5 Å². The number of Topliss-reactive ketones (excluding diaryl/α,β-unsaturated/α-hetero) is 1. The molecule has 8 nitrogen and oxygen atoms in total. The van der Waals surface area contributed by atoms with Crippen LogP contribution in [0.3, 0.4) is 0 Å². The van der Waals surface area contributed by atoms with Crippen molar-refractivity contribution < 1.29 is 19.5 Å². The van der Waals surface area contributed by atoms with Crippen LogP contribution in [-0.4, -0.2) is 44.1 Å². The van der Waals surface area contributed by atoms with Gasteiger partial charge in [-0.3, -0.25) is 19.4 Å². The van der Waals surface area contributed by atoms with Gasteiger partial charge >= 0.3 is 0 Å². The Morgan fingerprint density at radius 1 is 1.03 bits per heavy atom. The molecule has 0 bridgehead atoms. The normalized spacial score (nSPS) is 17.3. The second-order valence-corrected chi connectivity index (χ2v) is 8.33. The Morgan fingerprint density at radius 3 is 2.51 bits per heavy atom. The van der Waals surface area contributed by atoms with Gasteiger partial charge < -0.3 is 20.7 Å². The topological polar surface area (TPSA) is 129 Å². The molecule has 4 aromatic rings. The lowest BCUT2D eigenvalue weighted by atomic mass is 9.95. The van der Waals surface area contributed by atoms with Crippen molar-refractivity contribution in [1.29, 1.82) is 0 Å². The molecule has 1 aliphatic heterocycles. The summed E-state index contributed by atoms with van der Waals surface area (Å²) in [6, 6.07) is 16.7. The van der Waals surface area contributed by atoms with Crippen molar-refractivity contribution >= 4 is 34.3 Å². The number of nitrogens with one attached hydrogen (secondary N) is 1. The molecule has 1 atom stereocenters. The van der Waals surface area contributed by atoms with Crippen molar-refractivity contribution in [1.82, 2.24) is 14.9 Å². The van der Waals surface area contributed by atoms with Gasteiger partial charge in [-0.05, 0) is 47.9 Å². The van der Waals surface area contributed by atoms with Crippen LogP contribution in [-0.2, 0) is 16.0 Å². The van der Waals surface area contributed by atoms with Crippen molar-refractivity contribution in [3.63, 3.8) is 0 Å². The molecule has 0 radical (unpaired) electrons. The molecule has 1 fully saturated rings. The van der Waals surface area contributed by atoms with Gasteiger partial charge in [0.25, 0.3) is 11.7 Å². The van der Waals surface area contributed by atoms with Gasteiger partial charge in [-0.2, -0.15) is 0 Å². The van der Waals surface area contributed by atoms with E-state index >= 15 is 0 Å². The Bertz CT molecular complexity index is 1470. The van der Waals surface area contributed by atoms with E-state index in [4.69, 9.17) is 5.73 Å². The average molecular weight is 466 g/mol. The number of hydrogen-bond donors (Lipinski definition) is 3. The molecule has 2 aromatic heterocycles. The predicted octanol–water partition coefficient (Wildman–Crippen LogP) is 3.33. The molecule has 0 spiro atoms. The number of para-hydroxylation sites is 1. The van der Waals surface area contributed by atoms with E-state index < -0.39 is 23.6 Å². The second-order valence-electron chi connectivity index (χ2n) is 8.33. The number of amides is 2. The lowest BCUT2D eigenvalue weighted by molar-refractivity contribution is -0.139. The molecule has 1 unspecified atom stereocenters. The van der Waals surface area contributed by atoms with Gasteiger partial charge in [0.2, 0.25) is 5.91 Å². The molecule has 2 aromatic carbocycles. The summed E-state index contributed by atoms with van der Waals surface area (Å²) in [4.78, 5) is 46.6. The highest BCUT2D eigenvalue weighted by atomic mass is 16.3. The molecule has 174 valence electrons. The molecule has 1 aliphatic rings. The molecule has 35 heavy (non-hydrogen) atoms. The van der Waals surface area contributed by atoms with E-state index in [-0.39, 0.29) is 17.9 Å². The van der Waals surface area contributed by atoms with E-state index in [0.29, 0.717) is 23.1 Å². The minimum absolute atomic E-state index is 0.0197. The number of hydrogen-bond acceptors (Lipinski definition) is 5. The fraction of sp³-hybridized carbons (Fsp3) is 0.111. The van der Waals surface area contributed by atoms with Gasteiger partial charge in [0.1, 0.15) is 5.76 Å². The van der Waals surface area contributed by atoms with Crippen molar-refractivity contribution in [2.45, 2.75) is 12.5 Å². The third-order valence-electron chi connectivity index (χ3n) is 6.28. The maximum Gasteiger partial charge on any atom is 0.295 e. The number of aromatic amines is 1. The monoisotopic (exact) mass is 466 g/mol. The highest BCUT2D eigenvalue weighted by molar-refractivity contribution is 6.46. The van der Waals surface area contributed by atoms with E-state index in [1.165, 1.54) is 11.1 Å². The van der Waals surface area contributed by atoms with Crippen LogP contribution in [0.2, 0.25) is 0 Å². The third-order valence-corrected chi connectivity index (χ3v) is 6.28. The summed E-state index contributed by atoms with van der Waals surface area (Å²) in [7, 11) is 0. The number of rotatable bonds is 6. The van der Waals surface area contributed by atoms with Crippen LogP contribution in [0.4, 0.5) is 0 Å². The number of benzene rings is 2. The Balaban J connectivity index is 1.57. The van der Waals surface area contributed by atoms with Gasteiger partial charge in [0, 0.05) is 47.2 Å². The number of nitrogens with zero attached hydrogens (tertiary/aromatic N) is 2. The van der Waals surface area contributed by atoms with Crippen molar-refractivity contribution in [3.8, 4) is 0 Å². The average Bonchev–Trinajstić information content (AvgIpc) is 3.41. The van der Waals surface area contributed by atoms with Crippen LogP contribution in [0.25, 0.3) is 16.7 Å². The summed E-state index contributed by atoms with van der Waals surface area (Å²) in [5.74, 6) is -2.34. The highest BCUT2D eigenvalue weighted by Crippen LogP contribution is 2.39. The number of aromatic nitrogens is 2. The van der Waals surface area contributed by atoms with Crippen molar-refractivity contribution in [2.24, 2.45) is 5.73 Å².